The molecule has 0 atom stereocenters. The second kappa shape index (κ2) is 5.86. The third kappa shape index (κ3) is 3.45. The van der Waals surface area contributed by atoms with Crippen molar-refractivity contribution in [3.63, 3.8) is 0 Å². The molecule has 0 aliphatic rings. The van der Waals surface area contributed by atoms with Crippen molar-refractivity contribution in [2.75, 3.05) is 6.61 Å². The van der Waals surface area contributed by atoms with E-state index in [1.165, 1.54) is 0 Å². The molecule has 0 fully saturated rings. The third-order valence-electron chi connectivity index (χ3n) is 2.54. The normalized spacial score (nSPS) is 10.8. The zero-order valence-electron chi connectivity index (χ0n) is 10.6. The van der Waals surface area contributed by atoms with E-state index in [0.29, 0.717) is 6.61 Å². The highest BCUT2D eigenvalue weighted by atomic mass is 16.5. The van der Waals surface area contributed by atoms with Crippen LogP contribution in [0.15, 0.2) is 41.5 Å². The van der Waals surface area contributed by atoms with Crippen molar-refractivity contribution in [2.24, 2.45) is 10.8 Å². The van der Waals surface area contributed by atoms with Crippen LogP contribution >= 0.6 is 0 Å². The van der Waals surface area contributed by atoms with Crippen molar-refractivity contribution in [2.45, 2.75) is 6.92 Å². The Morgan fingerprint density at radius 2 is 2.05 bits per heavy atom. The van der Waals surface area contributed by atoms with Crippen molar-refractivity contribution in [1.82, 2.24) is 5.43 Å². The van der Waals surface area contributed by atoms with E-state index in [9.17, 15) is 4.79 Å². The lowest BCUT2D eigenvalue weighted by atomic mass is 10.1. The van der Waals surface area contributed by atoms with Crippen molar-refractivity contribution < 1.29 is 9.53 Å². The number of carbonyl (C=O) groups excluding carboxylic acids is 1. The summed E-state index contributed by atoms with van der Waals surface area (Å²) >= 11 is 0. The minimum Gasteiger partial charge on any atom is -0.494 e. The molecule has 0 aliphatic carbocycles. The summed E-state index contributed by atoms with van der Waals surface area (Å²) in [6, 6.07) is 11.1. The van der Waals surface area contributed by atoms with Gasteiger partial charge in [-0.1, -0.05) is 18.2 Å². The highest BCUT2D eigenvalue weighted by Crippen LogP contribution is 2.21. The van der Waals surface area contributed by atoms with E-state index in [4.69, 9.17) is 10.5 Å². The lowest BCUT2D eigenvalue weighted by Crippen LogP contribution is -2.24. The first-order chi connectivity index (χ1) is 9.19. The molecule has 0 saturated heterocycles. The summed E-state index contributed by atoms with van der Waals surface area (Å²) in [5, 5.41) is 5.88. The van der Waals surface area contributed by atoms with E-state index in [2.05, 4.69) is 10.5 Å². The number of hydrogen-bond acceptors (Lipinski definition) is 3. The number of amides is 2. The zero-order valence-corrected chi connectivity index (χ0v) is 10.6. The number of carbonyl (C=O) groups is 1. The molecule has 0 bridgehead atoms. The smallest absolute Gasteiger partial charge is 0.332 e. The third-order valence-corrected chi connectivity index (χ3v) is 2.54. The molecule has 0 aromatic heterocycles. The van der Waals surface area contributed by atoms with Gasteiger partial charge >= 0.3 is 6.03 Å². The Balaban J connectivity index is 2.23. The number of hydrogen-bond donors (Lipinski definition) is 2. The largest absolute Gasteiger partial charge is 0.494 e. The van der Waals surface area contributed by atoms with Crippen LogP contribution in [-0.4, -0.2) is 18.9 Å². The van der Waals surface area contributed by atoms with Crippen LogP contribution < -0.4 is 15.9 Å². The fourth-order valence-corrected chi connectivity index (χ4v) is 1.75. The first-order valence-corrected chi connectivity index (χ1v) is 5.94. The predicted molar refractivity (Wildman–Crippen MR) is 75.4 cm³/mol. The molecular weight excluding hydrogens is 242 g/mol. The first-order valence-electron chi connectivity index (χ1n) is 5.94. The quantitative estimate of drug-likeness (QED) is 0.651. The Kier molecular flexibility index (Phi) is 3.97. The molecule has 2 aromatic carbocycles. The van der Waals surface area contributed by atoms with E-state index in [-0.39, 0.29) is 0 Å². The molecule has 2 rings (SSSR count). The molecule has 0 unspecified atom stereocenters. The van der Waals surface area contributed by atoms with Gasteiger partial charge in [0.2, 0.25) is 0 Å². The van der Waals surface area contributed by atoms with Gasteiger partial charge in [0, 0.05) is 0 Å². The van der Waals surface area contributed by atoms with E-state index in [1.54, 1.807) is 6.21 Å². The van der Waals surface area contributed by atoms with Crippen LogP contribution in [0.3, 0.4) is 0 Å². The number of nitrogens with zero attached hydrogens (tertiary/aromatic N) is 1. The molecule has 5 nitrogen and oxygen atoms in total. The van der Waals surface area contributed by atoms with E-state index in [0.717, 1.165) is 22.1 Å². The topological polar surface area (TPSA) is 76.7 Å². The summed E-state index contributed by atoms with van der Waals surface area (Å²) in [5.74, 6) is 0.854. The number of nitrogens with two attached hydrogens (primary N) is 1. The van der Waals surface area contributed by atoms with Gasteiger partial charge in [-0.3, -0.25) is 0 Å². The van der Waals surface area contributed by atoms with Gasteiger partial charge < -0.3 is 10.5 Å². The summed E-state index contributed by atoms with van der Waals surface area (Å²) in [6.07, 6.45) is 1.54. The van der Waals surface area contributed by atoms with E-state index in [1.807, 2.05) is 43.3 Å². The molecule has 2 amide bonds. The second-order valence-electron chi connectivity index (χ2n) is 3.94. The highest BCUT2D eigenvalue weighted by molar-refractivity contribution is 5.91. The minimum absolute atomic E-state index is 0.648. The summed E-state index contributed by atoms with van der Waals surface area (Å²) in [4.78, 5) is 10.5. The summed E-state index contributed by atoms with van der Waals surface area (Å²) in [5.41, 5.74) is 7.95. The van der Waals surface area contributed by atoms with Crippen molar-refractivity contribution in [3.8, 4) is 5.75 Å². The number of hydrazone groups is 1. The molecule has 5 heteroatoms. The Morgan fingerprint density at radius 3 is 2.79 bits per heavy atom. The first kappa shape index (κ1) is 12.9. The Bertz CT molecular complexity index is 623. The van der Waals surface area contributed by atoms with Gasteiger partial charge in [-0.15, -0.1) is 0 Å². The molecule has 0 aliphatic heterocycles. The van der Waals surface area contributed by atoms with E-state index >= 15 is 0 Å². The van der Waals surface area contributed by atoms with E-state index < -0.39 is 6.03 Å². The number of primary amides is 1. The molecule has 19 heavy (non-hydrogen) atoms. The maximum Gasteiger partial charge on any atom is 0.332 e. The Labute approximate surface area is 111 Å². The number of fused-ring (bicyclic) bond motifs is 1. The maximum absolute atomic E-state index is 10.5. The van der Waals surface area contributed by atoms with Gasteiger partial charge in [-0.25, -0.2) is 10.2 Å². The van der Waals surface area contributed by atoms with Crippen LogP contribution in [0.2, 0.25) is 0 Å². The second-order valence-corrected chi connectivity index (χ2v) is 3.94. The average molecular weight is 257 g/mol. The Morgan fingerprint density at radius 1 is 1.32 bits per heavy atom. The Hall–Kier alpha value is -2.56. The monoisotopic (exact) mass is 257 g/mol. The summed E-state index contributed by atoms with van der Waals surface area (Å²) in [6.45, 7) is 2.60. The van der Waals surface area contributed by atoms with Gasteiger partial charge in [-0.05, 0) is 41.5 Å². The lowest BCUT2D eigenvalue weighted by molar-refractivity contribution is 0.249. The number of benzene rings is 2. The van der Waals surface area contributed by atoms with Crippen molar-refractivity contribution in [3.05, 3.63) is 42.0 Å². The summed E-state index contributed by atoms with van der Waals surface area (Å²) in [7, 11) is 0. The van der Waals surface area contributed by atoms with Crippen LogP contribution in [0.1, 0.15) is 12.5 Å². The fraction of sp³-hybridized carbons (Fsp3) is 0.143. The number of rotatable bonds is 4. The molecular formula is C14H15N3O2. The van der Waals surface area contributed by atoms with Gasteiger partial charge in [0.1, 0.15) is 5.75 Å². The average Bonchev–Trinajstić information content (AvgIpc) is 2.39. The van der Waals surface area contributed by atoms with Crippen LogP contribution in [0.5, 0.6) is 5.75 Å². The molecule has 0 saturated carbocycles. The number of urea groups is 1. The lowest BCUT2D eigenvalue weighted by Gasteiger charge is -2.05. The molecule has 0 spiro atoms. The van der Waals surface area contributed by atoms with Crippen LogP contribution in [0.4, 0.5) is 4.79 Å². The summed E-state index contributed by atoms with van der Waals surface area (Å²) < 4.78 is 5.45. The van der Waals surface area contributed by atoms with Gasteiger partial charge in [0.25, 0.3) is 0 Å². The number of ether oxygens (including phenoxy) is 1. The van der Waals surface area contributed by atoms with Gasteiger partial charge in [0.15, 0.2) is 0 Å². The molecule has 98 valence electrons. The molecule has 0 heterocycles. The van der Waals surface area contributed by atoms with Gasteiger partial charge in [-0.2, -0.15) is 5.10 Å². The highest BCUT2D eigenvalue weighted by Gasteiger charge is 1.98. The van der Waals surface area contributed by atoms with Crippen molar-refractivity contribution >= 4 is 23.0 Å². The van der Waals surface area contributed by atoms with Crippen LogP contribution in [0.25, 0.3) is 10.8 Å². The molecule has 0 radical (unpaired) electrons. The molecule has 2 aromatic rings. The SMILES string of the molecule is CCOc1ccc2cc(C=NNC(N)=O)ccc2c1. The number of nitrogens with one attached hydrogen (secondary N) is 1. The van der Waals surface area contributed by atoms with Crippen LogP contribution in [-0.2, 0) is 0 Å². The fourth-order valence-electron chi connectivity index (χ4n) is 1.75. The minimum atomic E-state index is -0.682. The van der Waals surface area contributed by atoms with Crippen LogP contribution in [0, 0.1) is 0 Å². The zero-order chi connectivity index (χ0) is 13.7. The van der Waals surface area contributed by atoms with Gasteiger partial charge in [0.05, 0.1) is 12.8 Å². The van der Waals surface area contributed by atoms with Crippen molar-refractivity contribution in [1.29, 1.82) is 0 Å². The molecule has 3 N–H and O–H groups in total. The maximum atomic E-state index is 10.5. The standard InChI is InChI=1S/C14H15N3O2/c1-2-19-13-6-5-11-7-10(3-4-12(11)8-13)9-16-17-14(15)18/h3-9H,2H2,1H3,(H3,15,17,18). The predicted octanol–water partition coefficient (Wildman–Crippen LogP) is 2.24.